The lowest BCUT2D eigenvalue weighted by molar-refractivity contribution is -0.134. The van der Waals surface area contributed by atoms with E-state index in [4.69, 9.17) is 9.47 Å². The quantitative estimate of drug-likeness (QED) is 0.497. The number of aromatic amines is 1. The Morgan fingerprint density at radius 1 is 1.32 bits per heavy atom. The summed E-state index contributed by atoms with van der Waals surface area (Å²) in [5.41, 5.74) is 3.12. The third kappa shape index (κ3) is 3.13. The predicted octanol–water partition coefficient (Wildman–Crippen LogP) is 2.87. The predicted molar refractivity (Wildman–Crippen MR) is 112 cm³/mol. The number of allylic oxidation sites excluding steroid dienone is 1. The molecular formula is C23H19N3O5. The van der Waals surface area contributed by atoms with Gasteiger partial charge in [0.1, 0.15) is 11.4 Å². The van der Waals surface area contributed by atoms with Gasteiger partial charge in [-0.25, -0.2) is 9.78 Å². The van der Waals surface area contributed by atoms with Crippen molar-refractivity contribution in [1.29, 1.82) is 0 Å². The minimum Gasteiger partial charge on any atom is -0.496 e. The number of aliphatic carboxylic acids is 1. The number of carboxylic acid groups (broad SMARTS) is 1. The number of nitrogens with one attached hydrogen (secondary N) is 1. The number of benzene rings is 1. The Kier molecular flexibility index (Phi) is 4.47. The molecule has 3 aromatic rings. The molecule has 0 aliphatic carbocycles. The van der Waals surface area contributed by atoms with E-state index in [0.29, 0.717) is 30.7 Å². The molecule has 0 unspecified atom stereocenters. The summed E-state index contributed by atoms with van der Waals surface area (Å²) >= 11 is 0. The summed E-state index contributed by atoms with van der Waals surface area (Å²) < 4.78 is 11.3. The summed E-state index contributed by atoms with van der Waals surface area (Å²) in [6, 6.07) is 9.43. The highest BCUT2D eigenvalue weighted by Gasteiger charge is 2.39. The van der Waals surface area contributed by atoms with Crippen LogP contribution in [0.3, 0.4) is 0 Å². The van der Waals surface area contributed by atoms with Crippen LogP contribution in [0, 0.1) is 0 Å². The number of hydrogen-bond donors (Lipinski definition) is 2. The van der Waals surface area contributed by atoms with Crippen molar-refractivity contribution in [3.63, 3.8) is 0 Å². The third-order valence-corrected chi connectivity index (χ3v) is 5.59. The van der Waals surface area contributed by atoms with Crippen molar-refractivity contribution >= 4 is 28.9 Å². The second-order valence-electron chi connectivity index (χ2n) is 7.34. The van der Waals surface area contributed by atoms with Gasteiger partial charge in [-0.15, -0.1) is 0 Å². The van der Waals surface area contributed by atoms with Crippen molar-refractivity contribution in [3.8, 4) is 5.75 Å². The molecule has 2 N–H and O–H groups in total. The first-order valence-electron chi connectivity index (χ1n) is 9.80. The molecule has 0 saturated heterocycles. The number of carbonyl (C=O) groups is 2. The molecule has 0 atom stereocenters. The molecule has 2 aliphatic heterocycles. The van der Waals surface area contributed by atoms with E-state index in [-0.39, 0.29) is 17.2 Å². The number of Topliss-reactive ketones (excluding diaryl/α,β-unsaturated/α-hetero) is 1. The Morgan fingerprint density at radius 3 is 3.00 bits per heavy atom. The number of aromatic nitrogens is 2. The fourth-order valence-electron chi connectivity index (χ4n) is 4.10. The van der Waals surface area contributed by atoms with E-state index in [1.807, 2.05) is 24.3 Å². The minimum atomic E-state index is -1.31. The van der Waals surface area contributed by atoms with Crippen molar-refractivity contribution in [2.45, 2.75) is 13.0 Å². The van der Waals surface area contributed by atoms with Crippen LogP contribution in [0.15, 0.2) is 59.9 Å². The highest BCUT2D eigenvalue weighted by molar-refractivity contribution is 6.26. The molecule has 8 heteroatoms. The van der Waals surface area contributed by atoms with Crippen LogP contribution in [0.2, 0.25) is 0 Å². The molecular weight excluding hydrogens is 398 g/mol. The minimum absolute atomic E-state index is 0.0198. The van der Waals surface area contributed by atoms with Crippen molar-refractivity contribution < 1.29 is 24.2 Å². The van der Waals surface area contributed by atoms with Gasteiger partial charge in [0.15, 0.2) is 11.3 Å². The maximum atomic E-state index is 12.9. The first-order chi connectivity index (χ1) is 15.1. The molecule has 5 rings (SSSR count). The lowest BCUT2D eigenvalue weighted by atomic mass is 9.98. The van der Waals surface area contributed by atoms with Crippen molar-refractivity contribution in [3.05, 3.63) is 76.6 Å². The molecule has 0 spiro atoms. The van der Waals surface area contributed by atoms with Crippen molar-refractivity contribution in [2.24, 2.45) is 0 Å². The Bertz CT molecular complexity index is 1290. The highest BCUT2D eigenvalue weighted by Crippen LogP contribution is 2.35. The van der Waals surface area contributed by atoms with Gasteiger partial charge in [0, 0.05) is 42.0 Å². The largest absolute Gasteiger partial charge is 0.496 e. The topological polar surface area (TPSA) is 105 Å². The second kappa shape index (κ2) is 7.32. The molecule has 0 fully saturated rings. The Hall–Kier alpha value is -4.07. The van der Waals surface area contributed by atoms with Gasteiger partial charge in [0.2, 0.25) is 11.7 Å². The SMILES string of the molecule is COc1cccc2c1CCN(C1=C(C(=O)O)C(=O)/C(=C/c3c[nH]c4ncccc34)O1)C2. The number of nitrogens with zero attached hydrogens (tertiary/aromatic N) is 2. The molecule has 2 aliphatic rings. The van der Waals surface area contributed by atoms with Crippen LogP contribution < -0.4 is 4.74 Å². The van der Waals surface area contributed by atoms with Crippen LogP contribution in [0.25, 0.3) is 17.1 Å². The van der Waals surface area contributed by atoms with E-state index in [2.05, 4.69) is 9.97 Å². The fraction of sp³-hybridized carbons (Fsp3) is 0.174. The van der Waals surface area contributed by atoms with Gasteiger partial charge in [-0.1, -0.05) is 12.1 Å². The number of hydrogen-bond acceptors (Lipinski definition) is 6. The standard InChI is InChI=1S/C23H19N3O5/c1-30-17-6-2-4-13-12-26(9-7-15(13)17)22-19(23(28)29)20(27)18(31-22)10-14-11-25-21-16(14)5-3-8-24-21/h2-6,8,10-11H,7,9,12H2,1H3,(H,24,25)(H,28,29)/b18-10-. The van der Waals surface area contributed by atoms with Crippen LogP contribution in [0.1, 0.15) is 16.7 Å². The summed E-state index contributed by atoms with van der Waals surface area (Å²) in [7, 11) is 1.63. The van der Waals surface area contributed by atoms with Gasteiger partial charge in [0.25, 0.3) is 0 Å². The zero-order valence-electron chi connectivity index (χ0n) is 16.7. The summed E-state index contributed by atoms with van der Waals surface area (Å²) in [4.78, 5) is 33.9. The number of rotatable bonds is 4. The number of ether oxygens (including phenoxy) is 2. The maximum absolute atomic E-state index is 12.9. The lowest BCUT2D eigenvalue weighted by Crippen LogP contribution is -2.31. The van der Waals surface area contributed by atoms with Gasteiger partial charge >= 0.3 is 5.97 Å². The smallest absolute Gasteiger partial charge is 0.345 e. The average Bonchev–Trinajstić information content (AvgIpc) is 3.34. The van der Waals surface area contributed by atoms with Crippen LogP contribution in [-0.2, 0) is 27.3 Å². The van der Waals surface area contributed by atoms with Crippen LogP contribution >= 0.6 is 0 Å². The second-order valence-corrected chi connectivity index (χ2v) is 7.34. The first kappa shape index (κ1) is 18.9. The van der Waals surface area contributed by atoms with Crippen LogP contribution in [0.4, 0.5) is 0 Å². The van der Waals surface area contributed by atoms with Gasteiger partial charge in [-0.2, -0.15) is 0 Å². The zero-order valence-corrected chi connectivity index (χ0v) is 16.7. The molecule has 0 amide bonds. The lowest BCUT2D eigenvalue weighted by Gasteiger charge is -2.31. The van der Waals surface area contributed by atoms with Gasteiger partial charge in [-0.3, -0.25) is 4.79 Å². The van der Waals surface area contributed by atoms with Crippen molar-refractivity contribution in [2.75, 3.05) is 13.7 Å². The zero-order chi connectivity index (χ0) is 21.5. The van der Waals surface area contributed by atoms with E-state index in [9.17, 15) is 14.7 Å². The van der Waals surface area contributed by atoms with Gasteiger partial charge < -0.3 is 24.5 Å². The van der Waals surface area contributed by atoms with Crippen LogP contribution in [0.5, 0.6) is 5.75 Å². The molecule has 0 bridgehead atoms. The van der Waals surface area contributed by atoms with E-state index in [0.717, 1.165) is 22.3 Å². The summed E-state index contributed by atoms with van der Waals surface area (Å²) in [5, 5.41) is 10.5. The van der Waals surface area contributed by atoms with Gasteiger partial charge in [0.05, 0.1) is 7.11 Å². The highest BCUT2D eigenvalue weighted by atomic mass is 16.5. The number of methoxy groups -OCH3 is 1. The number of carbonyl (C=O) groups excluding carboxylic acids is 1. The fourth-order valence-corrected chi connectivity index (χ4v) is 4.10. The average molecular weight is 417 g/mol. The molecule has 31 heavy (non-hydrogen) atoms. The maximum Gasteiger partial charge on any atom is 0.345 e. The van der Waals surface area contributed by atoms with E-state index in [1.165, 1.54) is 0 Å². The van der Waals surface area contributed by atoms with E-state index >= 15 is 0 Å². The molecule has 0 saturated carbocycles. The summed E-state index contributed by atoms with van der Waals surface area (Å²) in [6.45, 7) is 0.938. The van der Waals surface area contributed by atoms with E-state index in [1.54, 1.807) is 36.5 Å². The molecule has 156 valence electrons. The number of pyridine rings is 1. The number of carboxylic acids is 1. The summed E-state index contributed by atoms with van der Waals surface area (Å²) in [5.74, 6) is -1.08. The van der Waals surface area contributed by atoms with Gasteiger partial charge in [-0.05, 0) is 36.3 Å². The Morgan fingerprint density at radius 2 is 2.19 bits per heavy atom. The molecule has 4 heterocycles. The molecule has 0 radical (unpaired) electrons. The third-order valence-electron chi connectivity index (χ3n) is 5.59. The normalized spacial score (nSPS) is 17.3. The number of fused-ring (bicyclic) bond motifs is 2. The Balaban J connectivity index is 1.49. The van der Waals surface area contributed by atoms with Crippen molar-refractivity contribution in [1.82, 2.24) is 14.9 Å². The molecule has 1 aromatic carbocycles. The number of ketones is 1. The summed E-state index contributed by atoms with van der Waals surface area (Å²) in [6.07, 6.45) is 5.59. The first-order valence-corrected chi connectivity index (χ1v) is 9.80. The molecule has 8 nitrogen and oxygen atoms in total. The van der Waals surface area contributed by atoms with Crippen LogP contribution in [-0.4, -0.2) is 45.4 Å². The molecule has 2 aromatic heterocycles. The monoisotopic (exact) mass is 417 g/mol. The number of H-pyrrole nitrogens is 1. The van der Waals surface area contributed by atoms with E-state index < -0.39 is 11.8 Å². The Labute approximate surface area is 177 Å².